The quantitative estimate of drug-likeness (QED) is 0.708. The average molecular weight is 191 g/mol. The minimum atomic E-state index is -0.487. The summed E-state index contributed by atoms with van der Waals surface area (Å²) >= 11 is 0. The number of rotatable bonds is 1. The first-order chi connectivity index (χ1) is 6.66. The molecular formula is C11H13NO2. The lowest BCUT2D eigenvalue weighted by atomic mass is 9.99. The molecule has 0 spiro atoms. The zero-order valence-electron chi connectivity index (χ0n) is 8.08. The molecule has 1 aliphatic heterocycles. The van der Waals surface area contributed by atoms with Crippen LogP contribution in [0.1, 0.15) is 30.6 Å². The molecule has 3 heteroatoms. The van der Waals surface area contributed by atoms with Crippen molar-refractivity contribution >= 4 is 11.6 Å². The highest BCUT2D eigenvalue weighted by Gasteiger charge is 2.15. The van der Waals surface area contributed by atoms with Crippen molar-refractivity contribution in [2.45, 2.75) is 25.9 Å². The van der Waals surface area contributed by atoms with E-state index >= 15 is 0 Å². The van der Waals surface area contributed by atoms with Crippen LogP contribution in [0.15, 0.2) is 18.2 Å². The standard InChI is InChI=1S/C11H13NO2/c1-7(13)9-3-2-8-4-5-11(14)12-10(8)6-9/h2-3,6-7,13H,4-5H2,1H3,(H,12,14). The Kier molecular flexibility index (Phi) is 2.25. The summed E-state index contributed by atoms with van der Waals surface area (Å²) in [6.45, 7) is 1.71. The lowest BCUT2D eigenvalue weighted by Crippen LogP contribution is -2.19. The molecule has 1 aromatic rings. The van der Waals surface area contributed by atoms with E-state index in [1.165, 1.54) is 0 Å². The van der Waals surface area contributed by atoms with Gasteiger partial charge >= 0.3 is 0 Å². The molecule has 1 unspecified atom stereocenters. The summed E-state index contributed by atoms with van der Waals surface area (Å²) in [5.41, 5.74) is 2.83. The number of aliphatic hydroxyl groups excluding tert-OH is 1. The highest BCUT2D eigenvalue weighted by Crippen LogP contribution is 2.25. The second-order valence-corrected chi connectivity index (χ2v) is 3.64. The third kappa shape index (κ3) is 1.63. The first-order valence-electron chi connectivity index (χ1n) is 4.77. The molecule has 0 aliphatic carbocycles. The SMILES string of the molecule is CC(O)c1ccc2c(c1)NC(=O)CC2. The molecule has 1 atom stereocenters. The average Bonchev–Trinajstić information content (AvgIpc) is 2.16. The molecule has 0 saturated heterocycles. The van der Waals surface area contributed by atoms with E-state index in [-0.39, 0.29) is 5.91 Å². The van der Waals surface area contributed by atoms with Gasteiger partial charge in [0.1, 0.15) is 0 Å². The van der Waals surface area contributed by atoms with Crippen molar-refractivity contribution in [1.29, 1.82) is 0 Å². The van der Waals surface area contributed by atoms with Crippen molar-refractivity contribution < 1.29 is 9.90 Å². The summed E-state index contributed by atoms with van der Waals surface area (Å²) in [6, 6.07) is 5.72. The number of nitrogens with one attached hydrogen (secondary N) is 1. The number of hydrogen-bond acceptors (Lipinski definition) is 2. The van der Waals surface area contributed by atoms with Crippen molar-refractivity contribution in [3.63, 3.8) is 0 Å². The fraction of sp³-hybridized carbons (Fsp3) is 0.364. The number of carbonyl (C=O) groups is 1. The van der Waals surface area contributed by atoms with E-state index in [0.29, 0.717) is 6.42 Å². The normalized spacial score (nSPS) is 17.1. The Hall–Kier alpha value is -1.35. The van der Waals surface area contributed by atoms with Gasteiger partial charge in [0, 0.05) is 12.1 Å². The molecule has 74 valence electrons. The van der Waals surface area contributed by atoms with Crippen LogP contribution in [0.2, 0.25) is 0 Å². The molecule has 2 rings (SSSR count). The number of fused-ring (bicyclic) bond motifs is 1. The molecular weight excluding hydrogens is 178 g/mol. The summed E-state index contributed by atoms with van der Waals surface area (Å²) in [7, 11) is 0. The number of benzene rings is 1. The number of amides is 1. The van der Waals surface area contributed by atoms with Gasteiger partial charge in [0.15, 0.2) is 0 Å². The summed E-state index contributed by atoms with van der Waals surface area (Å²) in [4.78, 5) is 11.1. The Morgan fingerprint density at radius 2 is 2.21 bits per heavy atom. The van der Waals surface area contributed by atoms with Crippen molar-refractivity contribution in [1.82, 2.24) is 0 Å². The number of hydrogen-bond donors (Lipinski definition) is 2. The van der Waals surface area contributed by atoms with Crippen LogP contribution in [0, 0.1) is 0 Å². The van der Waals surface area contributed by atoms with Gasteiger partial charge in [-0.1, -0.05) is 12.1 Å². The lowest BCUT2D eigenvalue weighted by Gasteiger charge is -2.18. The lowest BCUT2D eigenvalue weighted by molar-refractivity contribution is -0.116. The highest BCUT2D eigenvalue weighted by atomic mass is 16.3. The van der Waals surface area contributed by atoms with Crippen LogP contribution in [0.3, 0.4) is 0 Å². The van der Waals surface area contributed by atoms with Gasteiger partial charge in [0.05, 0.1) is 6.10 Å². The molecule has 0 aromatic heterocycles. The van der Waals surface area contributed by atoms with Gasteiger partial charge in [-0.05, 0) is 30.5 Å². The minimum absolute atomic E-state index is 0.0558. The zero-order valence-corrected chi connectivity index (χ0v) is 8.08. The smallest absolute Gasteiger partial charge is 0.224 e. The maximum absolute atomic E-state index is 11.1. The van der Waals surface area contributed by atoms with Gasteiger partial charge in [0.25, 0.3) is 0 Å². The number of carbonyl (C=O) groups excluding carboxylic acids is 1. The number of aryl methyl sites for hydroxylation is 1. The van der Waals surface area contributed by atoms with Gasteiger partial charge in [-0.25, -0.2) is 0 Å². The molecule has 14 heavy (non-hydrogen) atoms. The Balaban J connectivity index is 2.37. The van der Waals surface area contributed by atoms with Crippen molar-refractivity contribution in [3.05, 3.63) is 29.3 Å². The molecule has 3 nitrogen and oxygen atoms in total. The van der Waals surface area contributed by atoms with E-state index in [2.05, 4.69) is 5.32 Å². The van der Waals surface area contributed by atoms with Crippen LogP contribution in [0.25, 0.3) is 0 Å². The monoisotopic (exact) mass is 191 g/mol. The minimum Gasteiger partial charge on any atom is -0.389 e. The molecule has 0 fully saturated rings. The number of aliphatic hydroxyl groups is 1. The fourth-order valence-corrected chi connectivity index (χ4v) is 1.65. The maximum Gasteiger partial charge on any atom is 0.224 e. The van der Waals surface area contributed by atoms with Gasteiger partial charge in [-0.2, -0.15) is 0 Å². The van der Waals surface area contributed by atoms with Gasteiger partial charge in [-0.3, -0.25) is 4.79 Å². The first-order valence-corrected chi connectivity index (χ1v) is 4.77. The summed E-state index contributed by atoms with van der Waals surface area (Å²) in [5, 5.41) is 12.2. The highest BCUT2D eigenvalue weighted by molar-refractivity contribution is 5.93. The van der Waals surface area contributed by atoms with Crippen LogP contribution in [0.4, 0.5) is 5.69 Å². The predicted molar refractivity (Wildman–Crippen MR) is 54.0 cm³/mol. The Morgan fingerprint density at radius 1 is 1.43 bits per heavy atom. The topological polar surface area (TPSA) is 49.3 Å². The molecule has 1 aliphatic rings. The van der Waals surface area contributed by atoms with E-state index in [0.717, 1.165) is 23.2 Å². The van der Waals surface area contributed by atoms with Gasteiger partial charge < -0.3 is 10.4 Å². The Bertz CT molecular complexity index is 372. The summed E-state index contributed by atoms with van der Waals surface area (Å²) in [5.74, 6) is 0.0558. The van der Waals surface area contributed by atoms with E-state index in [1.807, 2.05) is 18.2 Å². The molecule has 1 heterocycles. The van der Waals surface area contributed by atoms with Gasteiger partial charge in [0.2, 0.25) is 5.91 Å². The zero-order chi connectivity index (χ0) is 10.1. The van der Waals surface area contributed by atoms with Crippen molar-refractivity contribution in [2.75, 3.05) is 5.32 Å². The van der Waals surface area contributed by atoms with Crippen LogP contribution >= 0.6 is 0 Å². The predicted octanol–water partition coefficient (Wildman–Crippen LogP) is 1.62. The summed E-state index contributed by atoms with van der Waals surface area (Å²) in [6.07, 6.45) is 0.863. The molecule has 0 bridgehead atoms. The van der Waals surface area contributed by atoms with E-state index < -0.39 is 6.10 Å². The van der Waals surface area contributed by atoms with Crippen LogP contribution in [-0.2, 0) is 11.2 Å². The van der Waals surface area contributed by atoms with Crippen molar-refractivity contribution in [2.24, 2.45) is 0 Å². The third-order valence-corrected chi connectivity index (χ3v) is 2.51. The maximum atomic E-state index is 11.1. The molecule has 0 saturated carbocycles. The second-order valence-electron chi connectivity index (χ2n) is 3.64. The largest absolute Gasteiger partial charge is 0.389 e. The van der Waals surface area contributed by atoms with Crippen LogP contribution in [-0.4, -0.2) is 11.0 Å². The van der Waals surface area contributed by atoms with E-state index in [1.54, 1.807) is 6.92 Å². The Morgan fingerprint density at radius 3 is 2.93 bits per heavy atom. The number of anilines is 1. The van der Waals surface area contributed by atoms with Crippen LogP contribution < -0.4 is 5.32 Å². The molecule has 1 aromatic carbocycles. The third-order valence-electron chi connectivity index (χ3n) is 2.51. The second kappa shape index (κ2) is 3.42. The summed E-state index contributed by atoms with van der Waals surface area (Å²) < 4.78 is 0. The van der Waals surface area contributed by atoms with Gasteiger partial charge in [-0.15, -0.1) is 0 Å². The van der Waals surface area contributed by atoms with Crippen LogP contribution in [0.5, 0.6) is 0 Å². The Labute approximate surface area is 82.8 Å². The molecule has 1 amide bonds. The first kappa shape index (κ1) is 9.21. The van der Waals surface area contributed by atoms with E-state index in [9.17, 15) is 9.90 Å². The van der Waals surface area contributed by atoms with E-state index in [4.69, 9.17) is 0 Å². The molecule has 0 radical (unpaired) electrons. The molecule has 2 N–H and O–H groups in total. The fourth-order valence-electron chi connectivity index (χ4n) is 1.65. The van der Waals surface area contributed by atoms with Crippen molar-refractivity contribution in [3.8, 4) is 0 Å².